The summed E-state index contributed by atoms with van der Waals surface area (Å²) in [7, 11) is 1.61. The maximum Gasteiger partial charge on any atom is 0.215 e. The summed E-state index contributed by atoms with van der Waals surface area (Å²) in [5.74, 6) is 1.90. The second kappa shape index (κ2) is 4.77. The Labute approximate surface area is 122 Å². The van der Waals surface area contributed by atoms with Crippen LogP contribution in [0.3, 0.4) is 0 Å². The lowest BCUT2D eigenvalue weighted by molar-refractivity contribution is 0.399. The number of methoxy groups -OCH3 is 1. The van der Waals surface area contributed by atoms with Crippen molar-refractivity contribution in [3.8, 4) is 5.88 Å². The number of nitrogens with zero attached hydrogens (tertiary/aromatic N) is 2. The van der Waals surface area contributed by atoms with Gasteiger partial charge in [0.1, 0.15) is 5.82 Å². The molecule has 2 N–H and O–H groups in total. The highest BCUT2D eigenvalue weighted by Gasteiger charge is 2.22. The molecule has 0 aliphatic carbocycles. The van der Waals surface area contributed by atoms with Crippen LogP contribution in [0.5, 0.6) is 5.88 Å². The summed E-state index contributed by atoms with van der Waals surface area (Å²) in [6.07, 6.45) is 0.986. The highest BCUT2D eigenvalue weighted by molar-refractivity contribution is 5.71. The van der Waals surface area contributed by atoms with E-state index in [-0.39, 0.29) is 0 Å². The molecular weight excluding hydrogens is 264 g/mol. The number of aromatic nitrogens is 3. The van der Waals surface area contributed by atoms with Gasteiger partial charge in [0, 0.05) is 24.2 Å². The highest BCUT2D eigenvalue weighted by atomic mass is 16.5. The van der Waals surface area contributed by atoms with Gasteiger partial charge in [0.2, 0.25) is 5.88 Å². The van der Waals surface area contributed by atoms with Crippen LogP contribution in [0.4, 0.5) is 5.69 Å². The second-order valence-electron chi connectivity index (χ2n) is 5.29. The average Bonchev–Trinajstić information content (AvgIpc) is 2.97. The normalized spacial score (nSPS) is 17.3. The Morgan fingerprint density at radius 1 is 1.14 bits per heavy atom. The van der Waals surface area contributed by atoms with Gasteiger partial charge in [0.15, 0.2) is 5.65 Å². The molecule has 0 bridgehead atoms. The number of H-pyrrole nitrogens is 1. The van der Waals surface area contributed by atoms with Crippen molar-refractivity contribution in [2.24, 2.45) is 0 Å². The third-order valence-electron chi connectivity index (χ3n) is 3.96. The maximum atomic E-state index is 5.15. The number of rotatable bonds is 2. The number of benzene rings is 1. The number of anilines is 1. The van der Waals surface area contributed by atoms with Crippen LogP contribution < -0.4 is 10.1 Å². The summed E-state index contributed by atoms with van der Waals surface area (Å²) in [5, 5.41) is 3.47. The first-order valence-electron chi connectivity index (χ1n) is 7.06. The van der Waals surface area contributed by atoms with Gasteiger partial charge >= 0.3 is 0 Å². The molecule has 5 heteroatoms. The zero-order chi connectivity index (χ0) is 14.2. The van der Waals surface area contributed by atoms with Crippen molar-refractivity contribution in [2.75, 3.05) is 19.0 Å². The number of ether oxygens (including phenoxy) is 1. The molecule has 0 spiro atoms. The first kappa shape index (κ1) is 12.2. The summed E-state index contributed by atoms with van der Waals surface area (Å²) in [6.45, 7) is 0.883. The third-order valence-corrected chi connectivity index (χ3v) is 3.96. The standard InChI is InChI=1S/C16H16N4O/c1-21-14-7-6-13-16(19-14)20-15(18-13)11-8-10-4-2-3-5-12(10)17-9-11/h2-7,11,17H,8-9H2,1H3,(H,18,19,20). The topological polar surface area (TPSA) is 62.8 Å². The monoisotopic (exact) mass is 280 g/mol. The number of hydrogen-bond donors (Lipinski definition) is 2. The Morgan fingerprint density at radius 2 is 2.05 bits per heavy atom. The Hall–Kier alpha value is -2.56. The van der Waals surface area contributed by atoms with Crippen LogP contribution in [-0.2, 0) is 6.42 Å². The van der Waals surface area contributed by atoms with E-state index in [1.54, 1.807) is 7.11 Å². The molecule has 4 rings (SSSR count). The van der Waals surface area contributed by atoms with Gasteiger partial charge in [-0.1, -0.05) is 18.2 Å². The fourth-order valence-corrected chi connectivity index (χ4v) is 2.84. The molecule has 21 heavy (non-hydrogen) atoms. The van der Waals surface area contributed by atoms with E-state index in [0.29, 0.717) is 17.4 Å². The van der Waals surface area contributed by atoms with Crippen molar-refractivity contribution in [3.05, 3.63) is 47.8 Å². The molecule has 0 amide bonds. The van der Waals surface area contributed by atoms with Crippen LogP contribution in [0.15, 0.2) is 36.4 Å². The Bertz CT molecular complexity index is 796. The van der Waals surface area contributed by atoms with Crippen LogP contribution in [0.25, 0.3) is 11.2 Å². The van der Waals surface area contributed by atoms with E-state index >= 15 is 0 Å². The van der Waals surface area contributed by atoms with Crippen molar-refractivity contribution >= 4 is 16.9 Å². The van der Waals surface area contributed by atoms with E-state index in [9.17, 15) is 0 Å². The van der Waals surface area contributed by atoms with Crippen molar-refractivity contribution in [1.29, 1.82) is 0 Å². The first-order chi connectivity index (χ1) is 10.3. The van der Waals surface area contributed by atoms with E-state index in [0.717, 1.165) is 24.3 Å². The summed E-state index contributed by atoms with van der Waals surface area (Å²) in [4.78, 5) is 12.4. The van der Waals surface area contributed by atoms with Crippen LogP contribution in [0, 0.1) is 0 Å². The summed E-state index contributed by atoms with van der Waals surface area (Å²) in [6, 6.07) is 12.2. The largest absolute Gasteiger partial charge is 0.481 e. The lowest BCUT2D eigenvalue weighted by atomic mass is 9.93. The molecule has 0 saturated heterocycles. The van der Waals surface area contributed by atoms with E-state index in [4.69, 9.17) is 4.74 Å². The van der Waals surface area contributed by atoms with Crippen LogP contribution in [0.1, 0.15) is 17.3 Å². The van der Waals surface area contributed by atoms with Crippen molar-refractivity contribution in [1.82, 2.24) is 15.0 Å². The highest BCUT2D eigenvalue weighted by Crippen LogP contribution is 2.30. The molecule has 1 aromatic carbocycles. The zero-order valence-corrected chi connectivity index (χ0v) is 11.8. The molecule has 3 heterocycles. The van der Waals surface area contributed by atoms with Gasteiger partial charge in [0.25, 0.3) is 0 Å². The Balaban J connectivity index is 1.68. The van der Waals surface area contributed by atoms with E-state index in [2.05, 4.69) is 44.5 Å². The number of imidazole rings is 1. The molecule has 1 aliphatic rings. The van der Waals surface area contributed by atoms with Gasteiger partial charge in [-0.2, -0.15) is 4.98 Å². The van der Waals surface area contributed by atoms with Gasteiger partial charge in [0.05, 0.1) is 12.6 Å². The fourth-order valence-electron chi connectivity index (χ4n) is 2.84. The molecule has 0 saturated carbocycles. The van der Waals surface area contributed by atoms with Gasteiger partial charge in [-0.25, -0.2) is 4.98 Å². The minimum atomic E-state index is 0.333. The predicted molar refractivity (Wildman–Crippen MR) is 81.8 cm³/mol. The minimum absolute atomic E-state index is 0.333. The number of aromatic amines is 1. The van der Waals surface area contributed by atoms with Crippen LogP contribution in [0.2, 0.25) is 0 Å². The van der Waals surface area contributed by atoms with Gasteiger partial charge < -0.3 is 15.0 Å². The smallest absolute Gasteiger partial charge is 0.215 e. The number of pyridine rings is 1. The molecule has 1 unspecified atom stereocenters. The second-order valence-corrected chi connectivity index (χ2v) is 5.29. The summed E-state index contributed by atoms with van der Waals surface area (Å²) in [5.41, 5.74) is 4.22. The molecule has 3 aromatic rings. The molecule has 106 valence electrons. The van der Waals surface area contributed by atoms with Crippen molar-refractivity contribution in [2.45, 2.75) is 12.3 Å². The van der Waals surface area contributed by atoms with Crippen molar-refractivity contribution < 1.29 is 4.74 Å². The van der Waals surface area contributed by atoms with Crippen LogP contribution >= 0.6 is 0 Å². The average molecular weight is 280 g/mol. The molecule has 0 fully saturated rings. The maximum absolute atomic E-state index is 5.15. The SMILES string of the molecule is COc1ccc2[nH]c(C3CNc4ccccc4C3)nc2n1. The van der Waals surface area contributed by atoms with E-state index in [1.165, 1.54) is 11.3 Å². The number of hydrogen-bond acceptors (Lipinski definition) is 4. The zero-order valence-electron chi connectivity index (χ0n) is 11.8. The van der Waals surface area contributed by atoms with Crippen LogP contribution in [-0.4, -0.2) is 28.6 Å². The molecule has 2 aromatic heterocycles. The molecule has 5 nitrogen and oxygen atoms in total. The van der Waals surface area contributed by atoms with Gasteiger partial charge in [-0.3, -0.25) is 0 Å². The molecule has 0 radical (unpaired) electrons. The Morgan fingerprint density at radius 3 is 2.95 bits per heavy atom. The quantitative estimate of drug-likeness (QED) is 0.757. The minimum Gasteiger partial charge on any atom is -0.481 e. The molecule has 1 aliphatic heterocycles. The fraction of sp³-hybridized carbons (Fsp3) is 0.250. The van der Waals surface area contributed by atoms with Gasteiger partial charge in [-0.05, 0) is 24.1 Å². The lowest BCUT2D eigenvalue weighted by Crippen LogP contribution is -2.22. The van der Waals surface area contributed by atoms with E-state index < -0.39 is 0 Å². The van der Waals surface area contributed by atoms with Crippen molar-refractivity contribution in [3.63, 3.8) is 0 Å². The summed E-state index contributed by atoms with van der Waals surface area (Å²) >= 11 is 0. The molecule has 1 atom stereocenters. The first-order valence-corrected chi connectivity index (χ1v) is 7.06. The summed E-state index contributed by atoms with van der Waals surface area (Å²) < 4.78 is 5.15. The van der Waals surface area contributed by atoms with E-state index in [1.807, 2.05) is 12.1 Å². The molecular formula is C16H16N4O. The number of fused-ring (bicyclic) bond motifs is 2. The number of para-hydroxylation sites is 1. The number of nitrogens with one attached hydrogen (secondary N) is 2. The Kier molecular flexibility index (Phi) is 2.77. The predicted octanol–water partition coefficient (Wildman–Crippen LogP) is 2.72. The lowest BCUT2D eigenvalue weighted by Gasteiger charge is -2.24. The third kappa shape index (κ3) is 2.11. The van der Waals surface area contributed by atoms with Gasteiger partial charge in [-0.15, -0.1) is 0 Å².